The average Bonchev–Trinajstić information content (AvgIpc) is 2.86. The van der Waals surface area contributed by atoms with Crippen molar-refractivity contribution in [3.05, 3.63) is 45.6 Å². The molecule has 0 radical (unpaired) electrons. The zero-order valence-electron chi connectivity index (χ0n) is 10.1. The van der Waals surface area contributed by atoms with Gasteiger partial charge in [-0.2, -0.15) is 0 Å². The first kappa shape index (κ1) is 14.4. The maximum absolute atomic E-state index is 11.7. The summed E-state index contributed by atoms with van der Waals surface area (Å²) in [5, 5.41) is 13.4. The van der Waals surface area contributed by atoms with Crippen LogP contribution in [0.4, 0.5) is 5.69 Å². The molecule has 0 saturated heterocycles. The molecule has 0 aliphatic carbocycles. The number of thiophene rings is 1. The highest BCUT2D eigenvalue weighted by Crippen LogP contribution is 2.24. The molecule has 0 saturated carbocycles. The van der Waals surface area contributed by atoms with Gasteiger partial charge in [-0.1, -0.05) is 23.7 Å². The van der Waals surface area contributed by atoms with E-state index < -0.39 is 11.9 Å². The van der Waals surface area contributed by atoms with E-state index >= 15 is 0 Å². The molecule has 0 aliphatic heterocycles. The second-order valence-electron chi connectivity index (χ2n) is 3.74. The Hall–Kier alpha value is -2.05. The molecule has 1 amide bonds. The SMILES string of the molecule is O=C(COc1ccccc1Cl)Nc1ccsc1C(=O)O. The van der Waals surface area contributed by atoms with Crippen LogP contribution < -0.4 is 10.1 Å². The van der Waals surface area contributed by atoms with E-state index in [-0.39, 0.29) is 17.2 Å². The third-order valence-corrected chi connectivity index (χ3v) is 3.54. The summed E-state index contributed by atoms with van der Waals surface area (Å²) in [4.78, 5) is 22.7. The minimum Gasteiger partial charge on any atom is -0.482 e. The molecule has 7 heteroatoms. The Kier molecular flexibility index (Phi) is 4.60. The Labute approximate surface area is 123 Å². The van der Waals surface area contributed by atoms with Crippen LogP contribution in [-0.4, -0.2) is 23.6 Å². The molecule has 104 valence electrons. The van der Waals surface area contributed by atoms with Crippen LogP contribution in [0.1, 0.15) is 9.67 Å². The Balaban J connectivity index is 1.95. The number of ether oxygens (including phenoxy) is 1. The number of amides is 1. The number of hydrogen-bond acceptors (Lipinski definition) is 4. The van der Waals surface area contributed by atoms with Gasteiger partial charge in [0.2, 0.25) is 0 Å². The number of carbonyl (C=O) groups excluding carboxylic acids is 1. The molecule has 2 aromatic rings. The van der Waals surface area contributed by atoms with Crippen LogP contribution in [0.5, 0.6) is 5.75 Å². The van der Waals surface area contributed by atoms with Gasteiger partial charge in [-0.05, 0) is 23.6 Å². The number of benzene rings is 1. The number of carboxylic acid groups (broad SMARTS) is 1. The Bertz CT molecular complexity index is 641. The van der Waals surface area contributed by atoms with Crippen molar-refractivity contribution in [2.24, 2.45) is 0 Å². The number of aromatic carboxylic acids is 1. The average molecular weight is 312 g/mol. The van der Waals surface area contributed by atoms with Gasteiger partial charge in [0, 0.05) is 0 Å². The lowest BCUT2D eigenvalue weighted by Gasteiger charge is -2.08. The van der Waals surface area contributed by atoms with Gasteiger partial charge >= 0.3 is 5.97 Å². The molecule has 2 rings (SSSR count). The van der Waals surface area contributed by atoms with Crippen molar-refractivity contribution in [3.8, 4) is 5.75 Å². The standard InChI is InChI=1S/C13H10ClNO4S/c14-8-3-1-2-4-10(8)19-7-11(16)15-9-5-6-20-12(9)13(17)18/h1-6H,7H2,(H,15,16)(H,17,18). The number of rotatable bonds is 5. The van der Waals surface area contributed by atoms with Crippen LogP contribution in [0.2, 0.25) is 5.02 Å². The second kappa shape index (κ2) is 6.40. The van der Waals surface area contributed by atoms with E-state index in [0.717, 1.165) is 11.3 Å². The van der Waals surface area contributed by atoms with Crippen LogP contribution in [0.15, 0.2) is 35.7 Å². The molecule has 2 N–H and O–H groups in total. The van der Waals surface area contributed by atoms with Gasteiger partial charge in [0.15, 0.2) is 6.61 Å². The molecule has 0 bridgehead atoms. The topological polar surface area (TPSA) is 75.6 Å². The lowest BCUT2D eigenvalue weighted by atomic mass is 10.3. The van der Waals surface area contributed by atoms with Gasteiger partial charge < -0.3 is 15.2 Å². The highest BCUT2D eigenvalue weighted by atomic mass is 35.5. The number of hydrogen-bond donors (Lipinski definition) is 2. The highest BCUT2D eigenvalue weighted by Gasteiger charge is 2.14. The monoisotopic (exact) mass is 311 g/mol. The Morgan fingerprint density at radius 2 is 2.05 bits per heavy atom. The maximum atomic E-state index is 11.7. The van der Waals surface area contributed by atoms with Crippen molar-refractivity contribution < 1.29 is 19.4 Å². The van der Waals surface area contributed by atoms with Crippen molar-refractivity contribution in [1.29, 1.82) is 0 Å². The molecule has 20 heavy (non-hydrogen) atoms. The number of halogens is 1. The molecule has 1 aromatic heterocycles. The molecule has 1 heterocycles. The molecule has 0 unspecified atom stereocenters. The van der Waals surface area contributed by atoms with Crippen LogP contribution in [0.3, 0.4) is 0 Å². The van der Waals surface area contributed by atoms with Gasteiger partial charge in [0.1, 0.15) is 10.6 Å². The van der Waals surface area contributed by atoms with Crippen molar-refractivity contribution in [3.63, 3.8) is 0 Å². The summed E-state index contributed by atoms with van der Waals surface area (Å²) in [6, 6.07) is 8.31. The second-order valence-corrected chi connectivity index (χ2v) is 5.06. The minimum atomic E-state index is -1.08. The molecule has 0 aliphatic rings. The summed E-state index contributed by atoms with van der Waals surface area (Å²) < 4.78 is 5.26. The van der Waals surface area contributed by atoms with Gasteiger partial charge in [-0.15, -0.1) is 11.3 Å². The zero-order valence-corrected chi connectivity index (χ0v) is 11.7. The summed E-state index contributed by atoms with van der Waals surface area (Å²) in [6.07, 6.45) is 0. The quantitative estimate of drug-likeness (QED) is 0.889. The molecular formula is C13H10ClNO4S. The first-order valence-corrected chi connectivity index (χ1v) is 6.81. The van der Waals surface area contributed by atoms with E-state index in [1.165, 1.54) is 6.07 Å². The first-order chi connectivity index (χ1) is 9.58. The largest absolute Gasteiger partial charge is 0.482 e. The van der Waals surface area contributed by atoms with Gasteiger partial charge in [0.25, 0.3) is 5.91 Å². The van der Waals surface area contributed by atoms with Crippen LogP contribution in [-0.2, 0) is 4.79 Å². The van der Waals surface area contributed by atoms with E-state index in [1.807, 2.05) is 0 Å². The predicted molar refractivity (Wildman–Crippen MR) is 76.9 cm³/mol. The summed E-state index contributed by atoms with van der Waals surface area (Å²) in [7, 11) is 0. The van der Waals surface area contributed by atoms with E-state index in [4.69, 9.17) is 21.4 Å². The van der Waals surface area contributed by atoms with Crippen LogP contribution in [0, 0.1) is 0 Å². The molecule has 0 atom stereocenters. The van der Waals surface area contributed by atoms with E-state index in [0.29, 0.717) is 10.8 Å². The predicted octanol–water partition coefficient (Wildman–Crippen LogP) is 3.12. The highest BCUT2D eigenvalue weighted by molar-refractivity contribution is 7.12. The van der Waals surface area contributed by atoms with Crippen molar-refractivity contribution in [2.75, 3.05) is 11.9 Å². The van der Waals surface area contributed by atoms with Crippen LogP contribution >= 0.6 is 22.9 Å². The van der Waals surface area contributed by atoms with E-state index in [2.05, 4.69) is 5.32 Å². The van der Waals surface area contributed by atoms with Crippen molar-refractivity contribution >= 4 is 40.5 Å². The van der Waals surface area contributed by atoms with E-state index in [9.17, 15) is 9.59 Å². The summed E-state index contributed by atoms with van der Waals surface area (Å²) in [5.74, 6) is -1.14. The number of nitrogens with one attached hydrogen (secondary N) is 1. The number of carboxylic acids is 1. The number of anilines is 1. The third kappa shape index (κ3) is 3.49. The summed E-state index contributed by atoms with van der Waals surface area (Å²) in [5.41, 5.74) is 0.259. The number of carbonyl (C=O) groups is 2. The van der Waals surface area contributed by atoms with Gasteiger partial charge in [-0.25, -0.2) is 4.79 Å². The summed E-state index contributed by atoms with van der Waals surface area (Å²) in [6.45, 7) is -0.251. The lowest BCUT2D eigenvalue weighted by Crippen LogP contribution is -2.21. The molecule has 5 nitrogen and oxygen atoms in total. The molecular weight excluding hydrogens is 302 g/mol. The lowest BCUT2D eigenvalue weighted by molar-refractivity contribution is -0.118. The molecule has 0 fully saturated rings. The van der Waals surface area contributed by atoms with Crippen molar-refractivity contribution in [1.82, 2.24) is 0 Å². The molecule has 1 aromatic carbocycles. The third-order valence-electron chi connectivity index (χ3n) is 2.33. The fourth-order valence-electron chi connectivity index (χ4n) is 1.46. The zero-order chi connectivity index (χ0) is 14.5. The smallest absolute Gasteiger partial charge is 0.348 e. The van der Waals surface area contributed by atoms with Crippen molar-refractivity contribution in [2.45, 2.75) is 0 Å². The Morgan fingerprint density at radius 3 is 2.75 bits per heavy atom. The van der Waals surface area contributed by atoms with Gasteiger partial charge in [-0.3, -0.25) is 4.79 Å². The number of para-hydroxylation sites is 1. The minimum absolute atomic E-state index is 0.0797. The Morgan fingerprint density at radius 1 is 1.30 bits per heavy atom. The summed E-state index contributed by atoms with van der Waals surface area (Å²) >= 11 is 6.92. The van der Waals surface area contributed by atoms with E-state index in [1.54, 1.807) is 29.6 Å². The molecule has 0 spiro atoms. The normalized spacial score (nSPS) is 10.1. The fraction of sp³-hybridized carbons (Fsp3) is 0.0769. The fourth-order valence-corrected chi connectivity index (χ4v) is 2.34. The van der Waals surface area contributed by atoms with Gasteiger partial charge in [0.05, 0.1) is 10.7 Å². The van der Waals surface area contributed by atoms with Crippen LogP contribution in [0.25, 0.3) is 0 Å². The first-order valence-electron chi connectivity index (χ1n) is 5.56. The maximum Gasteiger partial charge on any atom is 0.348 e.